The van der Waals surface area contributed by atoms with Crippen LogP contribution in [0.1, 0.15) is 57.8 Å². The smallest absolute Gasteiger partial charge is 0.274 e. The average molecular weight is 742 g/mol. The number of carbonyl (C=O) groups is 3. The van der Waals surface area contributed by atoms with Gasteiger partial charge >= 0.3 is 0 Å². The Morgan fingerprint density at radius 2 is 1.96 bits per heavy atom. The lowest BCUT2D eigenvalue weighted by Gasteiger charge is -2.30. The number of carbonyl (C=O) groups excluding carboxylic acids is 3. The van der Waals surface area contributed by atoms with Gasteiger partial charge in [-0.3, -0.25) is 19.1 Å². The molecule has 3 amide bonds. The highest BCUT2D eigenvalue weighted by Gasteiger charge is 2.62. The highest BCUT2D eigenvalue weighted by Crippen LogP contribution is 2.46. The zero-order chi connectivity index (χ0) is 35.0. The predicted octanol–water partition coefficient (Wildman–Crippen LogP) is 4.79. The Kier molecular flexibility index (Phi) is 9.70. The number of thiazole rings is 1. The van der Waals surface area contributed by atoms with Gasteiger partial charge < -0.3 is 25.0 Å². The van der Waals surface area contributed by atoms with Gasteiger partial charge in [-0.25, -0.2) is 13.4 Å². The Balaban J connectivity index is 1.18. The van der Waals surface area contributed by atoms with Crippen LogP contribution in [0.5, 0.6) is 10.9 Å². The summed E-state index contributed by atoms with van der Waals surface area (Å²) in [6, 6.07) is 11.1. The van der Waals surface area contributed by atoms with Crippen molar-refractivity contribution in [3.8, 4) is 10.9 Å². The molecule has 2 aliphatic carbocycles. The van der Waals surface area contributed by atoms with Crippen molar-refractivity contribution in [2.45, 2.75) is 86.8 Å². The number of aromatic nitrogens is 1. The standard InChI is InChI=1S/C35H40ClN5O7S2/c1-47-24-10-7-9-23(17-24)37-28-11-6-4-2-3-5-8-21-19-35(21,33(44)40-50(45,46)26-13-14-26)39-31(42)29-18-25(20-41(29)32(28)43)48-34-38-27-15-12-22(36)16-30(27)49-34/h5,7-10,12,15-17,21,25-26,28-29,37H,2-4,6,11,13-14,18-20H2,1H3,(H,39,42)(H,40,44)/b8-5-/t21-,25+,28-,29-,35+/m0/s1. The van der Waals surface area contributed by atoms with Gasteiger partial charge in [0.05, 0.1) is 29.1 Å². The Morgan fingerprint density at radius 1 is 1.12 bits per heavy atom. The topological polar surface area (TPSA) is 156 Å². The number of allylic oxidation sites excluding steroid dienone is 1. The maximum Gasteiger partial charge on any atom is 0.274 e. The minimum atomic E-state index is -3.85. The van der Waals surface area contributed by atoms with Gasteiger partial charge in [0.2, 0.25) is 21.8 Å². The Labute approximate surface area is 300 Å². The maximum atomic E-state index is 14.5. The van der Waals surface area contributed by atoms with Crippen LogP contribution < -0.4 is 24.8 Å². The molecule has 3 aromatic rings. The lowest BCUT2D eigenvalue weighted by atomic mass is 10.0. The lowest BCUT2D eigenvalue weighted by molar-refractivity contribution is -0.140. The zero-order valence-electron chi connectivity index (χ0n) is 27.6. The number of halogens is 1. The number of nitrogens with zero attached hydrogens (tertiary/aromatic N) is 2. The van der Waals surface area contributed by atoms with E-state index < -0.39 is 50.8 Å². The minimum Gasteiger partial charge on any atom is -0.497 e. The summed E-state index contributed by atoms with van der Waals surface area (Å²) in [6.45, 7) is 0.114. The Hall–Kier alpha value is -3.88. The molecule has 2 aliphatic heterocycles. The summed E-state index contributed by atoms with van der Waals surface area (Å²) in [5, 5.41) is 6.68. The Bertz CT molecular complexity index is 1930. The molecule has 12 nitrogen and oxygen atoms in total. The van der Waals surface area contributed by atoms with Crippen molar-refractivity contribution in [1.29, 1.82) is 0 Å². The molecule has 1 aromatic heterocycles. The highest BCUT2D eigenvalue weighted by molar-refractivity contribution is 7.91. The second kappa shape index (κ2) is 14.0. The van der Waals surface area contributed by atoms with Crippen LogP contribution in [0.3, 0.4) is 0 Å². The van der Waals surface area contributed by atoms with Crippen LogP contribution in [0.4, 0.5) is 5.69 Å². The van der Waals surface area contributed by atoms with Gasteiger partial charge in [-0.1, -0.05) is 54.0 Å². The molecule has 3 fully saturated rings. The summed E-state index contributed by atoms with van der Waals surface area (Å²) < 4.78 is 40.4. The van der Waals surface area contributed by atoms with E-state index in [9.17, 15) is 22.8 Å². The van der Waals surface area contributed by atoms with E-state index in [4.69, 9.17) is 21.1 Å². The molecule has 2 saturated carbocycles. The van der Waals surface area contributed by atoms with E-state index >= 15 is 0 Å². The fourth-order valence-electron chi connectivity index (χ4n) is 6.83. The van der Waals surface area contributed by atoms with E-state index in [0.29, 0.717) is 40.9 Å². The van der Waals surface area contributed by atoms with Crippen molar-refractivity contribution in [3.63, 3.8) is 0 Å². The van der Waals surface area contributed by atoms with Gasteiger partial charge in [0.25, 0.3) is 11.1 Å². The van der Waals surface area contributed by atoms with Crippen LogP contribution >= 0.6 is 22.9 Å². The number of hydrogen-bond donors (Lipinski definition) is 3. The van der Waals surface area contributed by atoms with Crippen molar-refractivity contribution in [2.24, 2.45) is 5.92 Å². The molecule has 2 aromatic carbocycles. The first-order chi connectivity index (χ1) is 24.0. The number of sulfonamides is 1. The molecule has 266 valence electrons. The first-order valence-electron chi connectivity index (χ1n) is 17.0. The van der Waals surface area contributed by atoms with E-state index in [1.807, 2.05) is 36.4 Å². The van der Waals surface area contributed by atoms with Gasteiger partial charge in [-0.05, 0) is 68.9 Å². The number of methoxy groups -OCH3 is 1. The molecule has 3 heterocycles. The maximum absolute atomic E-state index is 14.5. The number of hydrogen-bond acceptors (Lipinski definition) is 10. The summed E-state index contributed by atoms with van der Waals surface area (Å²) in [7, 11) is -2.27. The largest absolute Gasteiger partial charge is 0.497 e. The summed E-state index contributed by atoms with van der Waals surface area (Å²) in [5.74, 6) is -1.29. The molecule has 50 heavy (non-hydrogen) atoms. The summed E-state index contributed by atoms with van der Waals surface area (Å²) in [6.07, 6.45) is 8.55. The van der Waals surface area contributed by atoms with Crippen LogP contribution in [-0.2, 0) is 24.4 Å². The van der Waals surface area contributed by atoms with Crippen molar-refractivity contribution in [2.75, 3.05) is 19.0 Å². The second-order valence-electron chi connectivity index (χ2n) is 13.5. The summed E-state index contributed by atoms with van der Waals surface area (Å²) in [4.78, 5) is 48.6. The van der Waals surface area contributed by atoms with Gasteiger partial charge in [-0.15, -0.1) is 0 Å². The highest BCUT2D eigenvalue weighted by atomic mass is 35.5. The summed E-state index contributed by atoms with van der Waals surface area (Å²) in [5.41, 5.74) is -0.00736. The van der Waals surface area contributed by atoms with E-state index in [0.717, 1.165) is 35.9 Å². The third-order valence-electron chi connectivity index (χ3n) is 9.85. The van der Waals surface area contributed by atoms with E-state index in [1.165, 1.54) is 16.2 Å². The first kappa shape index (κ1) is 34.6. The number of ether oxygens (including phenoxy) is 2. The number of fused-ring (bicyclic) bond motifs is 3. The average Bonchev–Trinajstić information content (AvgIpc) is 3.98. The molecule has 4 aliphatic rings. The molecule has 3 N–H and O–H groups in total. The molecule has 15 heteroatoms. The third kappa shape index (κ3) is 7.42. The van der Waals surface area contributed by atoms with E-state index in [-0.39, 0.29) is 31.2 Å². The SMILES string of the molecule is COc1cccc(N[C@H]2CCCCC/C=C\[C@H]3C[C@@]3(C(=O)NS(=O)(=O)C3CC3)NC(=O)[C@@H]3C[C@@H](Oc4nc5ccc(Cl)cc5s4)CN3C2=O)c1. The van der Waals surface area contributed by atoms with Gasteiger partial charge in [0.1, 0.15) is 29.5 Å². The van der Waals surface area contributed by atoms with E-state index in [2.05, 4.69) is 20.3 Å². The Morgan fingerprint density at radius 3 is 2.76 bits per heavy atom. The van der Waals surface area contributed by atoms with Crippen molar-refractivity contribution in [3.05, 3.63) is 59.6 Å². The molecule has 5 atom stereocenters. The number of nitrogens with one attached hydrogen (secondary N) is 3. The summed E-state index contributed by atoms with van der Waals surface area (Å²) >= 11 is 7.51. The van der Waals surface area contributed by atoms with Gasteiger partial charge in [0.15, 0.2) is 0 Å². The van der Waals surface area contributed by atoms with Crippen LogP contribution in [0.25, 0.3) is 10.2 Å². The normalized spacial score (nSPS) is 28.0. The van der Waals surface area contributed by atoms with Crippen LogP contribution in [0, 0.1) is 5.92 Å². The van der Waals surface area contributed by atoms with Gasteiger partial charge in [-0.2, -0.15) is 0 Å². The molecular weight excluding hydrogens is 702 g/mol. The molecule has 0 bridgehead atoms. The molecule has 0 unspecified atom stereocenters. The first-order valence-corrected chi connectivity index (χ1v) is 19.8. The monoisotopic (exact) mass is 741 g/mol. The van der Waals surface area contributed by atoms with Crippen molar-refractivity contribution in [1.82, 2.24) is 19.9 Å². The third-order valence-corrected chi connectivity index (χ3v) is 12.8. The molecule has 0 spiro atoms. The van der Waals surface area contributed by atoms with E-state index in [1.54, 1.807) is 25.3 Å². The molecule has 0 radical (unpaired) electrons. The van der Waals surface area contributed by atoms with Crippen LogP contribution in [-0.4, -0.2) is 78.7 Å². The fraction of sp³-hybridized carbons (Fsp3) is 0.486. The van der Waals surface area contributed by atoms with Gasteiger partial charge in [0, 0.05) is 29.1 Å². The number of benzene rings is 2. The molecule has 7 rings (SSSR count). The number of anilines is 1. The second-order valence-corrected chi connectivity index (χ2v) is 16.9. The fourth-order valence-corrected chi connectivity index (χ4v) is 9.35. The molecular formula is C35H40ClN5O7S2. The lowest BCUT2D eigenvalue weighted by Crippen LogP contribution is -2.57. The van der Waals surface area contributed by atoms with Crippen LogP contribution in [0.2, 0.25) is 5.02 Å². The van der Waals surface area contributed by atoms with Crippen LogP contribution in [0.15, 0.2) is 54.6 Å². The van der Waals surface area contributed by atoms with Crippen molar-refractivity contribution < 1.29 is 32.3 Å². The minimum absolute atomic E-state index is 0.114. The quantitative estimate of drug-likeness (QED) is 0.277. The van der Waals surface area contributed by atoms with Crippen molar-refractivity contribution >= 4 is 66.6 Å². The number of rotatable bonds is 8. The zero-order valence-corrected chi connectivity index (χ0v) is 30.0. The molecule has 1 saturated heterocycles. The number of amides is 3. The predicted molar refractivity (Wildman–Crippen MR) is 191 cm³/mol.